The Morgan fingerprint density at radius 1 is 0.516 bits per heavy atom. The van der Waals surface area contributed by atoms with Gasteiger partial charge in [-0.15, -0.1) is 0 Å². The Balaban J connectivity index is 1.84. The molecule has 0 amide bonds. The standard InChI is InChI=1S/C49H84O15/c1-3-5-7-9-11-13-15-17-18-20-21-23-25-27-29-31-40(51)59-34-37(62-41(52)32-30-28-26-24-22-19-16-14-12-10-8-6-4-2)35-60-48-47(58)45(56)43(54)39(64-48)36-61-49-46(57)44(55)42(53)38(33-50)63-49/h5,7,9,11,13,15,17-18,37-39,42-50,53-58H,3-4,6,8,10,12,14,16,19-36H2,1-2H3/b7-5+,11-9+,15-13+,18-17+/t37-,38-,39-,42+,43+,44?,45?,46?,47?,48-,49-/m1/s1. The van der Waals surface area contributed by atoms with E-state index in [2.05, 4.69) is 26.0 Å². The van der Waals surface area contributed by atoms with Crippen LogP contribution >= 0.6 is 0 Å². The molecule has 15 nitrogen and oxygen atoms in total. The summed E-state index contributed by atoms with van der Waals surface area (Å²) in [5.41, 5.74) is 0. The zero-order valence-corrected chi connectivity index (χ0v) is 38.8. The second-order valence-corrected chi connectivity index (χ2v) is 17.0. The minimum Gasteiger partial charge on any atom is -0.462 e. The molecule has 0 bridgehead atoms. The minimum absolute atomic E-state index is 0.161. The first-order chi connectivity index (χ1) is 31.0. The van der Waals surface area contributed by atoms with Gasteiger partial charge in [0.05, 0.1) is 19.8 Å². The number of hydrogen-bond acceptors (Lipinski definition) is 15. The number of carbonyl (C=O) groups excluding carboxylic acids is 2. The molecule has 0 aliphatic carbocycles. The van der Waals surface area contributed by atoms with Crippen LogP contribution in [-0.4, -0.2) is 142 Å². The molecule has 0 radical (unpaired) electrons. The highest BCUT2D eigenvalue weighted by atomic mass is 16.7. The Morgan fingerprint density at radius 2 is 0.984 bits per heavy atom. The molecule has 4 unspecified atom stereocenters. The molecule has 0 aromatic heterocycles. The van der Waals surface area contributed by atoms with E-state index in [1.807, 2.05) is 36.5 Å². The van der Waals surface area contributed by atoms with Gasteiger partial charge in [0.15, 0.2) is 18.7 Å². The molecule has 0 saturated carbocycles. The van der Waals surface area contributed by atoms with Crippen molar-refractivity contribution in [1.82, 2.24) is 0 Å². The Kier molecular flexibility index (Phi) is 32.9. The number of unbranched alkanes of at least 4 members (excludes halogenated alkanes) is 17. The van der Waals surface area contributed by atoms with E-state index in [0.29, 0.717) is 12.8 Å². The maximum atomic E-state index is 13.0. The average molecular weight is 913 g/mol. The van der Waals surface area contributed by atoms with Gasteiger partial charge in [-0.25, -0.2) is 0 Å². The number of allylic oxidation sites excluding steroid dienone is 8. The van der Waals surface area contributed by atoms with Gasteiger partial charge in [0.25, 0.3) is 0 Å². The largest absolute Gasteiger partial charge is 0.462 e. The molecule has 15 heteroatoms. The lowest BCUT2D eigenvalue weighted by molar-refractivity contribution is -0.332. The summed E-state index contributed by atoms with van der Waals surface area (Å²) in [5, 5.41) is 72.0. The van der Waals surface area contributed by atoms with Crippen LogP contribution < -0.4 is 0 Å². The third-order valence-electron chi connectivity index (χ3n) is 11.4. The van der Waals surface area contributed by atoms with E-state index in [1.165, 1.54) is 57.8 Å². The smallest absolute Gasteiger partial charge is 0.306 e. The van der Waals surface area contributed by atoms with Crippen LogP contribution in [0.4, 0.5) is 0 Å². The molecule has 11 atom stereocenters. The topological polar surface area (TPSA) is 231 Å². The Morgan fingerprint density at radius 3 is 1.55 bits per heavy atom. The summed E-state index contributed by atoms with van der Waals surface area (Å²) in [6, 6.07) is 0. The molecule has 2 fully saturated rings. The summed E-state index contributed by atoms with van der Waals surface area (Å²) in [6.07, 6.45) is 21.4. The molecule has 2 aliphatic heterocycles. The molecule has 0 spiro atoms. The third-order valence-corrected chi connectivity index (χ3v) is 11.4. The van der Waals surface area contributed by atoms with Gasteiger partial charge < -0.3 is 64.2 Å². The summed E-state index contributed by atoms with van der Waals surface area (Å²) in [4.78, 5) is 25.7. The van der Waals surface area contributed by atoms with Crippen molar-refractivity contribution in [3.05, 3.63) is 48.6 Å². The van der Waals surface area contributed by atoms with E-state index in [4.69, 9.17) is 28.4 Å². The van der Waals surface area contributed by atoms with Gasteiger partial charge in [-0.3, -0.25) is 9.59 Å². The number of hydrogen-bond donors (Lipinski definition) is 7. The van der Waals surface area contributed by atoms with Crippen molar-refractivity contribution in [2.75, 3.05) is 26.4 Å². The number of ether oxygens (including phenoxy) is 6. The van der Waals surface area contributed by atoms with Crippen molar-refractivity contribution in [2.45, 2.75) is 223 Å². The summed E-state index contributed by atoms with van der Waals surface area (Å²) in [6.45, 7) is 2.41. The highest BCUT2D eigenvalue weighted by Gasteiger charge is 2.47. The van der Waals surface area contributed by atoms with E-state index < -0.39 is 92.7 Å². The molecule has 7 N–H and O–H groups in total. The molecule has 2 saturated heterocycles. The minimum atomic E-state index is -1.77. The van der Waals surface area contributed by atoms with Crippen molar-refractivity contribution in [1.29, 1.82) is 0 Å². The fourth-order valence-corrected chi connectivity index (χ4v) is 7.40. The molecule has 2 heterocycles. The predicted octanol–water partition coefficient (Wildman–Crippen LogP) is 5.93. The Bertz CT molecular complexity index is 1300. The van der Waals surface area contributed by atoms with Crippen LogP contribution in [0.5, 0.6) is 0 Å². The summed E-state index contributed by atoms with van der Waals surface area (Å²) in [7, 11) is 0. The summed E-state index contributed by atoms with van der Waals surface area (Å²) < 4.78 is 33.5. The lowest BCUT2D eigenvalue weighted by Crippen LogP contribution is -2.61. The zero-order chi connectivity index (χ0) is 46.8. The molecule has 2 rings (SSSR count). The van der Waals surface area contributed by atoms with E-state index in [1.54, 1.807) is 0 Å². The molecular weight excluding hydrogens is 829 g/mol. The van der Waals surface area contributed by atoms with Crippen molar-refractivity contribution < 1.29 is 73.8 Å². The maximum absolute atomic E-state index is 13.0. The van der Waals surface area contributed by atoms with Crippen molar-refractivity contribution in [3.63, 3.8) is 0 Å². The monoisotopic (exact) mass is 913 g/mol. The van der Waals surface area contributed by atoms with Crippen molar-refractivity contribution >= 4 is 11.9 Å². The van der Waals surface area contributed by atoms with Crippen LogP contribution in [-0.2, 0) is 38.0 Å². The normalized spacial score (nSPS) is 27.0. The molecule has 0 aromatic rings. The number of aliphatic hydroxyl groups is 7. The molecular formula is C49H84O15. The van der Waals surface area contributed by atoms with Gasteiger partial charge in [-0.05, 0) is 32.1 Å². The lowest BCUT2D eigenvalue weighted by Gasteiger charge is -2.42. The SMILES string of the molecule is CC/C=C/C=C/C=C/C=C/CCCCCCCC(=O)OC[C@H](CO[C@@H]1O[C@H](CO[C@@H]2O[C@H](CO)[C@H](O)C(O)C2O)[C@H](O)C(O)C1O)OC(=O)CCCCCCCCCCCCCCC. The van der Waals surface area contributed by atoms with E-state index in [0.717, 1.165) is 57.8 Å². The van der Waals surface area contributed by atoms with Gasteiger partial charge >= 0.3 is 11.9 Å². The van der Waals surface area contributed by atoms with Gasteiger partial charge in [-0.2, -0.15) is 0 Å². The van der Waals surface area contributed by atoms with Crippen LogP contribution in [0.15, 0.2) is 48.6 Å². The fourth-order valence-electron chi connectivity index (χ4n) is 7.40. The van der Waals surface area contributed by atoms with Crippen molar-refractivity contribution in [2.24, 2.45) is 0 Å². The zero-order valence-electron chi connectivity index (χ0n) is 38.8. The second kappa shape index (κ2) is 36.6. The van der Waals surface area contributed by atoms with Gasteiger partial charge in [0.1, 0.15) is 55.4 Å². The lowest BCUT2D eigenvalue weighted by atomic mass is 9.98. The van der Waals surface area contributed by atoms with E-state index in [-0.39, 0.29) is 26.1 Å². The van der Waals surface area contributed by atoms with Crippen LogP contribution in [0.1, 0.15) is 155 Å². The first kappa shape index (κ1) is 57.6. The van der Waals surface area contributed by atoms with Gasteiger partial charge in [-0.1, -0.05) is 159 Å². The van der Waals surface area contributed by atoms with Crippen LogP contribution in [0.3, 0.4) is 0 Å². The third kappa shape index (κ3) is 24.8. The van der Waals surface area contributed by atoms with Crippen molar-refractivity contribution in [3.8, 4) is 0 Å². The van der Waals surface area contributed by atoms with E-state index in [9.17, 15) is 45.3 Å². The van der Waals surface area contributed by atoms with Gasteiger partial charge in [0.2, 0.25) is 0 Å². The van der Waals surface area contributed by atoms with Crippen LogP contribution in [0.2, 0.25) is 0 Å². The number of carbonyl (C=O) groups is 2. The average Bonchev–Trinajstić information content (AvgIpc) is 3.29. The summed E-state index contributed by atoms with van der Waals surface area (Å²) >= 11 is 0. The maximum Gasteiger partial charge on any atom is 0.306 e. The molecule has 370 valence electrons. The first-order valence-corrected chi connectivity index (χ1v) is 24.3. The Labute approximate surface area is 382 Å². The number of esters is 2. The number of rotatable bonds is 36. The quantitative estimate of drug-likeness (QED) is 0.0220. The fraction of sp³-hybridized carbons (Fsp3) is 0.796. The second-order valence-electron chi connectivity index (χ2n) is 17.0. The predicted molar refractivity (Wildman–Crippen MR) is 243 cm³/mol. The summed E-state index contributed by atoms with van der Waals surface area (Å²) in [5.74, 6) is -0.953. The highest BCUT2D eigenvalue weighted by molar-refractivity contribution is 5.70. The molecule has 2 aliphatic rings. The molecule has 0 aromatic carbocycles. The molecule has 64 heavy (non-hydrogen) atoms. The van der Waals surface area contributed by atoms with E-state index >= 15 is 0 Å². The van der Waals surface area contributed by atoms with Gasteiger partial charge in [0, 0.05) is 12.8 Å². The number of aliphatic hydroxyl groups excluding tert-OH is 7. The van der Waals surface area contributed by atoms with Crippen LogP contribution in [0, 0.1) is 0 Å². The highest BCUT2D eigenvalue weighted by Crippen LogP contribution is 2.26. The van der Waals surface area contributed by atoms with Crippen LogP contribution in [0.25, 0.3) is 0 Å². The Hall–Kier alpha value is -2.54. The first-order valence-electron chi connectivity index (χ1n) is 24.3.